The van der Waals surface area contributed by atoms with E-state index < -0.39 is 22.5 Å². The number of hydrogen-bond donors (Lipinski definition) is 1. The molecule has 2 aromatic rings. The second-order valence-corrected chi connectivity index (χ2v) is 9.07. The Morgan fingerprint density at radius 3 is 2.14 bits per heavy atom. The Morgan fingerprint density at radius 1 is 1.03 bits per heavy atom. The summed E-state index contributed by atoms with van der Waals surface area (Å²) < 4.78 is 31.4. The molecule has 0 heterocycles. The Bertz CT molecular complexity index is 952. The van der Waals surface area contributed by atoms with Crippen LogP contribution in [0.1, 0.15) is 37.8 Å². The lowest BCUT2D eigenvalue weighted by Gasteiger charge is -2.17. The second kappa shape index (κ2) is 9.67. The van der Waals surface area contributed by atoms with Gasteiger partial charge in [0.05, 0.1) is 4.90 Å². The molecule has 0 bridgehead atoms. The van der Waals surface area contributed by atoms with Crippen LogP contribution in [-0.4, -0.2) is 38.2 Å². The van der Waals surface area contributed by atoms with E-state index in [-0.39, 0.29) is 17.4 Å². The van der Waals surface area contributed by atoms with Crippen LogP contribution in [0.4, 0.5) is 5.69 Å². The molecular weight excluding hydrogens is 392 g/mol. The molecule has 0 atom stereocenters. The van der Waals surface area contributed by atoms with E-state index in [0.29, 0.717) is 11.6 Å². The number of nitrogens with one attached hydrogen (secondary N) is 1. The number of carbonyl (C=O) groups excluding carboxylic acids is 2. The number of likely N-dealkylation sites (N-methyl/N-ethyl adjacent to an activating group) is 1. The van der Waals surface area contributed by atoms with Crippen LogP contribution in [0.25, 0.3) is 0 Å². The summed E-state index contributed by atoms with van der Waals surface area (Å²) in [4.78, 5) is 23.1. The largest absolute Gasteiger partial charge is 0.460 e. The Balaban J connectivity index is 1.94. The molecule has 0 aliphatic rings. The van der Waals surface area contributed by atoms with Crippen molar-refractivity contribution in [2.75, 3.05) is 18.9 Å². The van der Waals surface area contributed by atoms with Gasteiger partial charge in [0, 0.05) is 19.7 Å². The normalized spacial score (nSPS) is 11.5. The zero-order valence-electron chi connectivity index (χ0n) is 17.0. The van der Waals surface area contributed by atoms with Gasteiger partial charge in [-0.2, -0.15) is 4.31 Å². The van der Waals surface area contributed by atoms with E-state index >= 15 is 0 Å². The molecule has 1 N–H and O–H groups in total. The van der Waals surface area contributed by atoms with Crippen LogP contribution in [0, 0.1) is 0 Å². The lowest BCUT2D eigenvalue weighted by Crippen LogP contribution is -2.33. The number of carbonyl (C=O) groups is 2. The average molecular weight is 419 g/mol. The Kier molecular flexibility index (Phi) is 7.53. The second-order valence-electron chi connectivity index (χ2n) is 7.02. The number of sulfonamides is 1. The van der Waals surface area contributed by atoms with Gasteiger partial charge in [-0.3, -0.25) is 9.59 Å². The van der Waals surface area contributed by atoms with E-state index in [2.05, 4.69) is 19.2 Å². The van der Waals surface area contributed by atoms with Gasteiger partial charge < -0.3 is 10.1 Å². The summed E-state index contributed by atoms with van der Waals surface area (Å²) in [7, 11) is -2.54. The first kappa shape index (κ1) is 22.6. The maximum atomic E-state index is 12.6. The van der Waals surface area contributed by atoms with Gasteiger partial charge >= 0.3 is 5.97 Å². The number of benzene rings is 2. The highest BCUT2D eigenvalue weighted by molar-refractivity contribution is 7.89. The van der Waals surface area contributed by atoms with E-state index in [1.54, 1.807) is 0 Å². The van der Waals surface area contributed by atoms with Crippen LogP contribution < -0.4 is 5.32 Å². The van der Waals surface area contributed by atoms with Crippen LogP contribution in [0.3, 0.4) is 0 Å². The molecule has 8 heteroatoms. The fourth-order valence-corrected chi connectivity index (χ4v) is 3.68. The predicted octanol–water partition coefficient (Wildman–Crippen LogP) is 3.13. The van der Waals surface area contributed by atoms with Crippen molar-refractivity contribution in [3.63, 3.8) is 0 Å². The SMILES string of the molecule is CC(=O)Nc1ccc(S(=O)(=O)N(C)CC(=O)OCc2ccc(C(C)C)cc2)cc1. The highest BCUT2D eigenvalue weighted by atomic mass is 32.2. The van der Waals surface area contributed by atoms with Crippen LogP contribution in [0.15, 0.2) is 53.4 Å². The molecule has 0 fully saturated rings. The third kappa shape index (κ3) is 6.40. The van der Waals surface area contributed by atoms with Crippen molar-refractivity contribution in [2.45, 2.75) is 38.2 Å². The van der Waals surface area contributed by atoms with Gasteiger partial charge in [0.1, 0.15) is 13.2 Å². The summed E-state index contributed by atoms with van der Waals surface area (Å²) in [5, 5.41) is 2.57. The average Bonchev–Trinajstić information content (AvgIpc) is 2.66. The van der Waals surface area contributed by atoms with Gasteiger partial charge in [-0.05, 0) is 41.3 Å². The van der Waals surface area contributed by atoms with Crippen LogP contribution >= 0.6 is 0 Å². The third-order valence-corrected chi connectivity index (χ3v) is 6.10. The van der Waals surface area contributed by atoms with E-state index in [9.17, 15) is 18.0 Å². The maximum Gasteiger partial charge on any atom is 0.321 e. The van der Waals surface area contributed by atoms with E-state index in [4.69, 9.17) is 4.74 Å². The van der Waals surface area contributed by atoms with Gasteiger partial charge in [-0.25, -0.2) is 8.42 Å². The fraction of sp³-hybridized carbons (Fsp3) is 0.333. The molecule has 2 aromatic carbocycles. The summed E-state index contributed by atoms with van der Waals surface area (Å²) in [6, 6.07) is 13.5. The van der Waals surface area contributed by atoms with E-state index in [0.717, 1.165) is 9.87 Å². The molecule has 1 amide bonds. The first-order chi connectivity index (χ1) is 13.6. The monoisotopic (exact) mass is 418 g/mol. The molecule has 29 heavy (non-hydrogen) atoms. The molecule has 0 spiro atoms. The first-order valence-corrected chi connectivity index (χ1v) is 10.6. The summed E-state index contributed by atoms with van der Waals surface area (Å²) in [6.07, 6.45) is 0. The molecule has 0 aliphatic heterocycles. The summed E-state index contributed by atoms with van der Waals surface area (Å²) in [5.74, 6) is -0.476. The predicted molar refractivity (Wildman–Crippen MR) is 111 cm³/mol. The molecule has 0 aliphatic carbocycles. The standard InChI is InChI=1S/C21H26N2O5S/c1-15(2)18-7-5-17(6-8-18)14-28-21(25)13-23(4)29(26,27)20-11-9-19(10-12-20)22-16(3)24/h5-12,15H,13-14H2,1-4H3,(H,22,24). The smallest absolute Gasteiger partial charge is 0.321 e. The molecule has 156 valence electrons. The van der Waals surface area contributed by atoms with E-state index in [1.807, 2.05) is 24.3 Å². The molecule has 0 aromatic heterocycles. The Labute approximate surface area is 171 Å². The highest BCUT2D eigenvalue weighted by Crippen LogP contribution is 2.18. The number of rotatable bonds is 8. The molecule has 7 nitrogen and oxygen atoms in total. The zero-order chi connectivity index (χ0) is 21.6. The van der Waals surface area contributed by atoms with Gasteiger partial charge in [0.15, 0.2) is 0 Å². The van der Waals surface area contributed by atoms with Gasteiger partial charge in [-0.1, -0.05) is 38.1 Å². The first-order valence-electron chi connectivity index (χ1n) is 9.18. The number of amides is 1. The summed E-state index contributed by atoms with van der Waals surface area (Å²) in [5.41, 5.74) is 2.51. The minimum atomic E-state index is -3.86. The van der Waals surface area contributed by atoms with Crippen molar-refractivity contribution in [3.8, 4) is 0 Å². The van der Waals surface area contributed by atoms with E-state index in [1.165, 1.54) is 43.8 Å². The molecule has 0 saturated carbocycles. The van der Waals surface area contributed by atoms with Crippen molar-refractivity contribution < 1.29 is 22.7 Å². The Hall–Kier alpha value is -2.71. The minimum Gasteiger partial charge on any atom is -0.460 e. The van der Waals surface area contributed by atoms with Crippen LogP contribution in [0.5, 0.6) is 0 Å². The summed E-state index contributed by atoms with van der Waals surface area (Å²) >= 11 is 0. The quantitative estimate of drug-likeness (QED) is 0.665. The van der Waals surface area contributed by atoms with Crippen LogP contribution in [0.2, 0.25) is 0 Å². The zero-order valence-corrected chi connectivity index (χ0v) is 17.8. The molecule has 0 saturated heterocycles. The highest BCUT2D eigenvalue weighted by Gasteiger charge is 2.23. The topological polar surface area (TPSA) is 92.8 Å². The van der Waals surface area contributed by atoms with Crippen molar-refractivity contribution in [1.82, 2.24) is 4.31 Å². The van der Waals surface area contributed by atoms with Gasteiger partial charge in [-0.15, -0.1) is 0 Å². The number of esters is 1. The number of anilines is 1. The number of hydrogen-bond acceptors (Lipinski definition) is 5. The minimum absolute atomic E-state index is 0.0196. The third-order valence-electron chi connectivity index (χ3n) is 4.28. The van der Waals surface area contributed by atoms with Gasteiger partial charge in [0.2, 0.25) is 15.9 Å². The lowest BCUT2D eigenvalue weighted by molar-refractivity contribution is -0.144. The van der Waals surface area contributed by atoms with Crippen molar-refractivity contribution in [3.05, 3.63) is 59.7 Å². The molecular formula is C21H26N2O5S. The van der Waals surface area contributed by atoms with Crippen molar-refractivity contribution in [2.24, 2.45) is 0 Å². The Morgan fingerprint density at radius 2 is 1.62 bits per heavy atom. The van der Waals surface area contributed by atoms with Crippen molar-refractivity contribution in [1.29, 1.82) is 0 Å². The van der Waals surface area contributed by atoms with Crippen molar-refractivity contribution >= 4 is 27.6 Å². The molecule has 0 radical (unpaired) electrons. The maximum absolute atomic E-state index is 12.6. The number of ether oxygens (including phenoxy) is 1. The summed E-state index contributed by atoms with van der Waals surface area (Å²) in [6.45, 7) is 5.23. The lowest BCUT2D eigenvalue weighted by atomic mass is 10.0. The molecule has 2 rings (SSSR count). The van der Waals surface area contributed by atoms with Crippen LogP contribution in [-0.2, 0) is 31.0 Å². The van der Waals surface area contributed by atoms with Gasteiger partial charge in [0.25, 0.3) is 0 Å². The molecule has 0 unspecified atom stereocenters. The number of nitrogens with zero attached hydrogens (tertiary/aromatic N) is 1. The fourth-order valence-electron chi connectivity index (χ4n) is 2.57.